The molecule has 2 aliphatic carbocycles. The van der Waals surface area contributed by atoms with Gasteiger partial charge in [-0.1, -0.05) is 37.3 Å². The third-order valence-electron chi connectivity index (χ3n) is 10.7. The Morgan fingerprint density at radius 3 is 2.68 bits per heavy atom. The monoisotopic (exact) mass is 596 g/mol. The van der Waals surface area contributed by atoms with E-state index < -0.39 is 17.0 Å². The highest BCUT2D eigenvalue weighted by molar-refractivity contribution is 5.93. The van der Waals surface area contributed by atoms with Crippen molar-refractivity contribution in [3.63, 3.8) is 0 Å². The SMILES string of the molecule is Cc1cc(N2CC[C@](C)(c3ccccc3)C2)cn2nc(C34CC(CO3)C4c3nc(NC(=O)C4CC(C)(C(=O)O)C4)n[nH]3)nc12. The molecule has 12 heteroatoms. The Morgan fingerprint density at radius 2 is 1.93 bits per heavy atom. The smallest absolute Gasteiger partial charge is 0.309 e. The molecule has 0 spiro atoms. The van der Waals surface area contributed by atoms with Crippen molar-refractivity contribution in [2.75, 3.05) is 29.9 Å². The van der Waals surface area contributed by atoms with Gasteiger partial charge < -0.3 is 14.7 Å². The standard InChI is InChI=1S/C32H36N8O4/c1-18-11-22(39-10-9-30(2,17-39)21-7-5-4-6-8-21)15-40-25(18)34-27(38-40)32-14-20(16-44-32)23(32)24-33-29(37-36-24)35-26(41)19-12-31(3,13-19)28(42)43/h4-8,11,15,19-20,23H,9-10,12-14,16-17H2,1-3H3,(H,42,43)(H2,33,35,36,37,41)/t19?,20?,23?,30-,31?,32?/m0/s1. The lowest BCUT2D eigenvalue weighted by Gasteiger charge is -2.41. The van der Waals surface area contributed by atoms with Crippen molar-refractivity contribution < 1.29 is 19.4 Å². The lowest BCUT2D eigenvalue weighted by molar-refractivity contribution is -0.157. The van der Waals surface area contributed by atoms with Crippen molar-refractivity contribution in [1.29, 1.82) is 0 Å². The third kappa shape index (κ3) is 3.99. The number of amides is 1. The van der Waals surface area contributed by atoms with Gasteiger partial charge in [0.05, 0.1) is 29.8 Å². The Bertz CT molecular complexity index is 1790. The number of fused-ring (bicyclic) bond motifs is 2. The summed E-state index contributed by atoms with van der Waals surface area (Å²) in [6, 6.07) is 12.9. The Morgan fingerprint density at radius 1 is 1.14 bits per heavy atom. The van der Waals surface area contributed by atoms with E-state index in [1.807, 2.05) is 4.52 Å². The van der Waals surface area contributed by atoms with Crippen LogP contribution in [0.1, 0.15) is 68.2 Å². The van der Waals surface area contributed by atoms with E-state index in [9.17, 15) is 14.7 Å². The summed E-state index contributed by atoms with van der Waals surface area (Å²) >= 11 is 0. The molecule has 2 bridgehead atoms. The number of carbonyl (C=O) groups is 2. The number of aryl methyl sites for hydroxylation is 1. The molecule has 1 aromatic carbocycles. The van der Waals surface area contributed by atoms with Gasteiger partial charge >= 0.3 is 5.97 Å². The first-order chi connectivity index (χ1) is 21.1. The normalized spacial score (nSPS) is 32.4. The van der Waals surface area contributed by atoms with Crippen LogP contribution in [0.2, 0.25) is 0 Å². The van der Waals surface area contributed by atoms with Crippen molar-refractivity contribution in [3.8, 4) is 0 Å². The van der Waals surface area contributed by atoms with Gasteiger partial charge in [-0.05, 0) is 62.6 Å². The van der Waals surface area contributed by atoms with Gasteiger partial charge in [0.15, 0.2) is 11.5 Å². The number of carbonyl (C=O) groups excluding carboxylic acids is 1. The molecule has 44 heavy (non-hydrogen) atoms. The van der Waals surface area contributed by atoms with Crippen molar-refractivity contribution in [2.24, 2.45) is 17.3 Å². The Hall–Kier alpha value is -4.32. The summed E-state index contributed by atoms with van der Waals surface area (Å²) in [7, 11) is 0. The first-order valence-corrected chi connectivity index (χ1v) is 15.4. The number of aromatic amines is 1. The Kier molecular flexibility index (Phi) is 5.78. The van der Waals surface area contributed by atoms with Gasteiger partial charge in [0.2, 0.25) is 11.9 Å². The third-order valence-corrected chi connectivity index (χ3v) is 10.7. The van der Waals surface area contributed by atoms with Crippen LogP contribution < -0.4 is 10.2 Å². The van der Waals surface area contributed by atoms with Crippen molar-refractivity contribution in [2.45, 2.75) is 63.4 Å². The molecule has 12 nitrogen and oxygen atoms in total. The first-order valence-electron chi connectivity index (χ1n) is 15.4. The summed E-state index contributed by atoms with van der Waals surface area (Å²) in [4.78, 5) is 36.1. The highest BCUT2D eigenvalue weighted by atomic mass is 16.5. The van der Waals surface area contributed by atoms with Crippen molar-refractivity contribution >= 4 is 29.2 Å². The van der Waals surface area contributed by atoms with Crippen LogP contribution in [0.15, 0.2) is 42.6 Å². The maximum absolute atomic E-state index is 12.7. The Labute approximate surface area is 254 Å². The van der Waals surface area contributed by atoms with Crippen LogP contribution in [0.3, 0.4) is 0 Å². The van der Waals surface area contributed by atoms with Crippen molar-refractivity contribution in [1.82, 2.24) is 29.8 Å². The van der Waals surface area contributed by atoms with E-state index in [-0.39, 0.29) is 35.0 Å². The fourth-order valence-electron chi connectivity index (χ4n) is 7.96. The average Bonchev–Trinajstić information content (AvgIpc) is 3.80. The van der Waals surface area contributed by atoms with E-state index in [0.717, 1.165) is 42.8 Å². The average molecular weight is 597 g/mol. The van der Waals surface area contributed by atoms with Crippen LogP contribution in [-0.4, -0.2) is 66.5 Å². The second-order valence-corrected chi connectivity index (χ2v) is 13.8. The van der Waals surface area contributed by atoms with Gasteiger partial charge in [-0.3, -0.25) is 20.0 Å². The summed E-state index contributed by atoms with van der Waals surface area (Å²) in [6.07, 6.45) is 4.55. The molecule has 3 aliphatic heterocycles. The largest absolute Gasteiger partial charge is 0.481 e. The molecule has 5 aliphatic rings. The van der Waals surface area contributed by atoms with Gasteiger partial charge in [-0.2, -0.15) is 4.98 Å². The van der Waals surface area contributed by atoms with E-state index in [4.69, 9.17) is 14.8 Å². The molecule has 3 aromatic heterocycles. The second kappa shape index (κ2) is 9.34. The van der Waals surface area contributed by atoms with Gasteiger partial charge in [0.25, 0.3) is 0 Å². The number of rotatable bonds is 7. The summed E-state index contributed by atoms with van der Waals surface area (Å²) in [5.74, 6) is 0.0965. The molecule has 9 rings (SSSR count). The number of aromatic nitrogens is 6. The zero-order valence-electron chi connectivity index (χ0n) is 25.1. The van der Waals surface area contributed by atoms with E-state index in [1.54, 1.807) is 6.92 Å². The van der Waals surface area contributed by atoms with Crippen LogP contribution in [0, 0.1) is 24.2 Å². The Balaban J connectivity index is 1.01. The minimum absolute atomic E-state index is 0.0921. The van der Waals surface area contributed by atoms with Crippen LogP contribution in [-0.2, 0) is 25.3 Å². The summed E-state index contributed by atoms with van der Waals surface area (Å²) in [6.45, 7) is 8.56. The van der Waals surface area contributed by atoms with E-state index in [1.165, 1.54) is 5.56 Å². The van der Waals surface area contributed by atoms with Crippen LogP contribution >= 0.6 is 0 Å². The number of H-pyrrole nitrogens is 1. The maximum Gasteiger partial charge on any atom is 0.309 e. The van der Waals surface area contributed by atoms with Gasteiger partial charge in [-0.15, -0.1) is 10.2 Å². The number of aliphatic carboxylic acids is 1. The molecule has 3 N–H and O–H groups in total. The van der Waals surface area contributed by atoms with Gasteiger partial charge in [0, 0.05) is 24.4 Å². The lowest BCUT2D eigenvalue weighted by atomic mass is 9.63. The zero-order valence-corrected chi connectivity index (χ0v) is 25.1. The maximum atomic E-state index is 12.7. The molecule has 228 valence electrons. The van der Waals surface area contributed by atoms with Crippen LogP contribution in [0.25, 0.3) is 5.65 Å². The number of ether oxygens (including phenoxy) is 1. The van der Waals surface area contributed by atoms with Gasteiger partial charge in [0.1, 0.15) is 11.4 Å². The summed E-state index contributed by atoms with van der Waals surface area (Å²) in [5.41, 5.74) is 2.89. The van der Waals surface area contributed by atoms with E-state index in [2.05, 4.69) is 81.8 Å². The minimum Gasteiger partial charge on any atom is -0.481 e. The van der Waals surface area contributed by atoms with Crippen LogP contribution in [0.5, 0.6) is 0 Å². The second-order valence-electron chi connectivity index (χ2n) is 13.8. The molecule has 3 saturated heterocycles. The number of pyridine rings is 1. The quantitative estimate of drug-likeness (QED) is 0.289. The molecular formula is C32H36N8O4. The predicted octanol–water partition coefficient (Wildman–Crippen LogP) is 3.79. The number of carboxylic acid groups (broad SMARTS) is 1. The van der Waals surface area contributed by atoms with Gasteiger partial charge in [-0.25, -0.2) is 9.50 Å². The number of benzene rings is 1. The number of carboxylic acids is 1. The molecule has 1 amide bonds. The number of hydrogen-bond acceptors (Lipinski definition) is 8. The summed E-state index contributed by atoms with van der Waals surface area (Å²) in [5, 5.41) is 24.3. The molecule has 4 atom stereocenters. The molecule has 5 fully saturated rings. The van der Waals surface area contributed by atoms with Crippen LogP contribution in [0.4, 0.5) is 11.6 Å². The number of nitrogens with one attached hydrogen (secondary N) is 2. The number of nitrogens with zero attached hydrogens (tertiary/aromatic N) is 6. The molecular weight excluding hydrogens is 560 g/mol. The summed E-state index contributed by atoms with van der Waals surface area (Å²) < 4.78 is 8.25. The number of anilines is 2. The molecule has 6 heterocycles. The highest BCUT2D eigenvalue weighted by Crippen LogP contribution is 2.63. The van der Waals surface area contributed by atoms with E-state index in [0.29, 0.717) is 31.1 Å². The molecule has 0 radical (unpaired) electrons. The molecule has 4 aromatic rings. The van der Waals surface area contributed by atoms with Crippen molar-refractivity contribution in [3.05, 3.63) is 65.4 Å². The lowest BCUT2D eigenvalue weighted by Crippen LogP contribution is -2.46. The fraction of sp³-hybridized carbons (Fsp3) is 0.500. The topological polar surface area (TPSA) is 151 Å². The predicted molar refractivity (Wildman–Crippen MR) is 160 cm³/mol. The molecule has 3 unspecified atom stereocenters. The first kappa shape index (κ1) is 27.2. The fourth-order valence-corrected chi connectivity index (χ4v) is 7.96. The zero-order chi connectivity index (χ0) is 30.4. The molecule has 2 saturated carbocycles. The number of hydrogen-bond donors (Lipinski definition) is 3. The highest BCUT2D eigenvalue weighted by Gasteiger charge is 2.66. The minimum atomic E-state index is -0.874. The van der Waals surface area contributed by atoms with E-state index >= 15 is 0 Å².